The van der Waals surface area contributed by atoms with E-state index in [1.807, 2.05) is 0 Å². The highest BCUT2D eigenvalue weighted by Gasteiger charge is 2.07. The molecule has 0 radical (unpaired) electrons. The molecule has 0 fully saturated rings. The fourth-order valence-electron chi connectivity index (χ4n) is 0.759. The Labute approximate surface area is 80.2 Å². The molecule has 0 amide bonds. The summed E-state index contributed by atoms with van der Waals surface area (Å²) in [5, 5.41) is 0.569. The first-order valence-electron chi connectivity index (χ1n) is 3.23. The number of aromatic nitrogens is 2. The van der Waals surface area contributed by atoms with Crippen molar-refractivity contribution in [3.8, 4) is 0 Å². The Hall–Kier alpha value is -0.800. The number of hydrogen-bond donors (Lipinski definition) is 1. The first-order chi connectivity index (χ1) is 5.65. The van der Waals surface area contributed by atoms with Gasteiger partial charge in [-0.1, -0.05) is 29.3 Å². The Morgan fingerprint density at radius 2 is 1.83 bits per heavy atom. The summed E-state index contributed by atoms with van der Waals surface area (Å²) >= 11 is 11.5. The summed E-state index contributed by atoms with van der Waals surface area (Å²) in [6.45, 7) is 3.56. The second-order valence-corrected chi connectivity index (χ2v) is 2.85. The zero-order valence-electron chi connectivity index (χ0n) is 6.22. The van der Waals surface area contributed by atoms with E-state index in [2.05, 4.69) is 16.5 Å². The Kier molecular flexibility index (Phi) is 2.89. The van der Waals surface area contributed by atoms with Gasteiger partial charge in [0.2, 0.25) is 5.95 Å². The van der Waals surface area contributed by atoms with Crippen molar-refractivity contribution in [1.29, 1.82) is 0 Å². The molecular formula is C7H7Cl2N3. The van der Waals surface area contributed by atoms with Gasteiger partial charge in [-0.05, 0) is 6.42 Å². The molecule has 12 heavy (non-hydrogen) atoms. The highest BCUT2D eigenvalue weighted by molar-refractivity contribution is 6.34. The van der Waals surface area contributed by atoms with Crippen molar-refractivity contribution < 1.29 is 0 Å². The first-order valence-corrected chi connectivity index (χ1v) is 3.99. The number of nitrogen functional groups attached to an aromatic ring is 1. The zero-order valence-corrected chi connectivity index (χ0v) is 7.73. The fraction of sp³-hybridized carbons (Fsp3) is 0.143. The highest BCUT2D eigenvalue weighted by Crippen LogP contribution is 2.22. The average molecular weight is 204 g/mol. The van der Waals surface area contributed by atoms with Gasteiger partial charge in [0.05, 0.1) is 0 Å². The number of halogens is 2. The van der Waals surface area contributed by atoms with E-state index in [9.17, 15) is 0 Å². The van der Waals surface area contributed by atoms with Crippen LogP contribution in [0.25, 0.3) is 0 Å². The van der Waals surface area contributed by atoms with Gasteiger partial charge < -0.3 is 5.73 Å². The van der Waals surface area contributed by atoms with Gasteiger partial charge in [0.1, 0.15) is 10.3 Å². The van der Waals surface area contributed by atoms with E-state index in [0.29, 0.717) is 12.0 Å². The average Bonchev–Trinajstić information content (AvgIpc) is 1.96. The SMILES string of the molecule is C=CCc1c(Cl)nc(N)nc1Cl. The molecule has 0 unspecified atom stereocenters. The van der Waals surface area contributed by atoms with E-state index in [4.69, 9.17) is 28.9 Å². The van der Waals surface area contributed by atoms with Gasteiger partial charge in [-0.3, -0.25) is 0 Å². The van der Waals surface area contributed by atoms with E-state index in [-0.39, 0.29) is 16.3 Å². The van der Waals surface area contributed by atoms with E-state index >= 15 is 0 Å². The van der Waals surface area contributed by atoms with Crippen LogP contribution in [-0.2, 0) is 6.42 Å². The lowest BCUT2D eigenvalue weighted by atomic mass is 10.2. The lowest BCUT2D eigenvalue weighted by molar-refractivity contribution is 1.11. The maximum absolute atomic E-state index is 5.75. The minimum Gasteiger partial charge on any atom is -0.368 e. The van der Waals surface area contributed by atoms with Crippen LogP contribution in [0.2, 0.25) is 10.3 Å². The molecule has 0 bridgehead atoms. The summed E-state index contributed by atoms with van der Waals surface area (Å²) in [7, 11) is 0. The summed E-state index contributed by atoms with van der Waals surface area (Å²) < 4.78 is 0. The quantitative estimate of drug-likeness (QED) is 0.592. The molecular weight excluding hydrogens is 197 g/mol. The minimum absolute atomic E-state index is 0.0813. The van der Waals surface area contributed by atoms with Gasteiger partial charge in [0, 0.05) is 5.56 Å². The second kappa shape index (κ2) is 3.74. The van der Waals surface area contributed by atoms with E-state index in [1.54, 1.807) is 6.08 Å². The zero-order chi connectivity index (χ0) is 9.14. The molecule has 1 aromatic heterocycles. The normalized spacial score (nSPS) is 9.83. The lowest BCUT2D eigenvalue weighted by Gasteiger charge is -2.02. The molecule has 0 aromatic carbocycles. The van der Waals surface area contributed by atoms with Crippen molar-refractivity contribution >= 4 is 29.2 Å². The van der Waals surface area contributed by atoms with Crippen LogP contribution in [0.15, 0.2) is 12.7 Å². The molecule has 0 aliphatic carbocycles. The summed E-state index contributed by atoms with van der Waals surface area (Å²) in [5.41, 5.74) is 5.96. The molecule has 1 rings (SSSR count). The molecule has 5 heteroatoms. The molecule has 64 valence electrons. The molecule has 0 saturated heterocycles. The highest BCUT2D eigenvalue weighted by atomic mass is 35.5. The van der Waals surface area contributed by atoms with Crippen LogP contribution in [0.4, 0.5) is 5.95 Å². The predicted molar refractivity (Wildman–Crippen MR) is 50.4 cm³/mol. The summed E-state index contributed by atoms with van der Waals surface area (Å²) in [6.07, 6.45) is 2.21. The lowest BCUT2D eigenvalue weighted by Crippen LogP contribution is -1.99. The van der Waals surface area contributed by atoms with E-state index in [1.165, 1.54) is 0 Å². The van der Waals surface area contributed by atoms with Crippen LogP contribution in [0.1, 0.15) is 5.56 Å². The van der Waals surface area contributed by atoms with Crippen LogP contribution < -0.4 is 5.73 Å². The number of hydrogen-bond acceptors (Lipinski definition) is 3. The van der Waals surface area contributed by atoms with Crippen LogP contribution in [-0.4, -0.2) is 9.97 Å². The van der Waals surface area contributed by atoms with Gasteiger partial charge in [0.25, 0.3) is 0 Å². The van der Waals surface area contributed by atoms with Gasteiger partial charge in [0.15, 0.2) is 0 Å². The standard InChI is InChI=1S/C7H7Cl2N3/c1-2-3-4-5(8)11-7(10)12-6(4)9/h2H,1,3H2,(H2,10,11,12). The molecule has 0 atom stereocenters. The number of nitrogens with zero attached hydrogens (tertiary/aromatic N) is 2. The maximum Gasteiger partial charge on any atom is 0.222 e. The molecule has 0 saturated carbocycles. The van der Waals surface area contributed by atoms with Crippen molar-refractivity contribution in [2.75, 3.05) is 5.73 Å². The molecule has 0 aliphatic rings. The molecule has 0 aliphatic heterocycles. The van der Waals surface area contributed by atoms with Crippen LogP contribution in [0.5, 0.6) is 0 Å². The van der Waals surface area contributed by atoms with Crippen molar-refractivity contribution in [1.82, 2.24) is 9.97 Å². The van der Waals surface area contributed by atoms with Crippen LogP contribution in [0.3, 0.4) is 0 Å². The van der Waals surface area contributed by atoms with Crippen molar-refractivity contribution in [2.24, 2.45) is 0 Å². The Morgan fingerprint density at radius 3 is 2.25 bits per heavy atom. The van der Waals surface area contributed by atoms with Crippen LogP contribution >= 0.6 is 23.2 Å². The Bertz CT molecular complexity index is 289. The third-order valence-electron chi connectivity index (χ3n) is 1.27. The van der Waals surface area contributed by atoms with Crippen molar-refractivity contribution in [2.45, 2.75) is 6.42 Å². The summed E-state index contributed by atoms with van der Waals surface area (Å²) in [6, 6.07) is 0. The third kappa shape index (κ3) is 1.87. The molecule has 1 aromatic rings. The first kappa shape index (κ1) is 9.29. The smallest absolute Gasteiger partial charge is 0.222 e. The molecule has 2 N–H and O–H groups in total. The third-order valence-corrected chi connectivity index (χ3v) is 1.90. The van der Waals surface area contributed by atoms with Gasteiger partial charge >= 0.3 is 0 Å². The summed E-state index contributed by atoms with van der Waals surface area (Å²) in [4.78, 5) is 7.51. The van der Waals surface area contributed by atoms with Gasteiger partial charge in [-0.15, -0.1) is 6.58 Å². The van der Waals surface area contributed by atoms with Crippen molar-refractivity contribution in [3.63, 3.8) is 0 Å². The van der Waals surface area contributed by atoms with Gasteiger partial charge in [-0.25, -0.2) is 9.97 Å². The van der Waals surface area contributed by atoms with Crippen molar-refractivity contribution in [3.05, 3.63) is 28.5 Å². The second-order valence-electron chi connectivity index (χ2n) is 2.13. The fourth-order valence-corrected chi connectivity index (χ4v) is 1.31. The monoisotopic (exact) mass is 203 g/mol. The summed E-state index contributed by atoms with van der Waals surface area (Å²) in [5.74, 6) is 0.0813. The Balaban J connectivity index is 3.18. The molecule has 0 spiro atoms. The number of nitrogens with two attached hydrogens (primary N) is 1. The molecule has 1 heterocycles. The Morgan fingerprint density at radius 1 is 1.33 bits per heavy atom. The molecule has 3 nitrogen and oxygen atoms in total. The topological polar surface area (TPSA) is 51.8 Å². The van der Waals surface area contributed by atoms with Gasteiger partial charge in [-0.2, -0.15) is 0 Å². The number of allylic oxidation sites excluding steroid dienone is 1. The van der Waals surface area contributed by atoms with E-state index in [0.717, 1.165) is 0 Å². The minimum atomic E-state index is 0.0813. The largest absolute Gasteiger partial charge is 0.368 e. The maximum atomic E-state index is 5.75. The number of anilines is 1. The van der Waals surface area contributed by atoms with Crippen LogP contribution in [0, 0.1) is 0 Å². The number of rotatable bonds is 2. The predicted octanol–water partition coefficient (Wildman–Crippen LogP) is 2.09. The van der Waals surface area contributed by atoms with E-state index < -0.39 is 0 Å².